The monoisotopic (exact) mass is 415 g/mol. The molecule has 0 bridgehead atoms. The van der Waals surface area contributed by atoms with E-state index < -0.39 is 10.0 Å². The molecule has 3 N–H and O–H groups in total. The predicted molar refractivity (Wildman–Crippen MR) is 109 cm³/mol. The molecular weight excluding hydrogens is 386 g/mol. The lowest BCUT2D eigenvalue weighted by atomic mass is 10.0. The summed E-state index contributed by atoms with van der Waals surface area (Å²) in [6, 6.07) is 6.42. The first-order valence-electron chi connectivity index (χ1n) is 9.56. The van der Waals surface area contributed by atoms with Crippen molar-refractivity contribution in [1.82, 2.24) is 9.62 Å². The number of hydrogen-bond acceptors (Lipinski definition) is 4. The Morgan fingerprint density at radius 1 is 1.15 bits per heavy atom. The zero-order valence-corrected chi connectivity index (χ0v) is 17.4. The van der Waals surface area contributed by atoms with Crippen molar-refractivity contribution in [2.45, 2.75) is 62.4 Å². The summed E-state index contributed by atoms with van der Waals surface area (Å²) in [5.74, 6) is 0.171. The number of hydrogen-bond donors (Lipinski definition) is 2. The van der Waals surface area contributed by atoms with E-state index in [1.165, 1.54) is 0 Å². The van der Waals surface area contributed by atoms with Gasteiger partial charge in [-0.1, -0.05) is 12.8 Å². The minimum atomic E-state index is -3.50. The van der Waals surface area contributed by atoms with Crippen LogP contribution in [0.3, 0.4) is 0 Å². The molecule has 1 saturated heterocycles. The summed E-state index contributed by atoms with van der Waals surface area (Å²) in [5, 5.41) is 3.05. The molecular formula is C19H30ClN3O3S. The van der Waals surface area contributed by atoms with Crippen LogP contribution in [0.5, 0.6) is 0 Å². The molecule has 3 rings (SSSR count). The van der Waals surface area contributed by atoms with Crippen LogP contribution in [-0.4, -0.2) is 43.8 Å². The van der Waals surface area contributed by atoms with Gasteiger partial charge in [0.05, 0.1) is 4.90 Å². The first kappa shape index (κ1) is 22.1. The third kappa shape index (κ3) is 4.83. The number of carbonyl (C=O) groups is 1. The largest absolute Gasteiger partial charge is 0.349 e. The Balaban J connectivity index is 0.00000261. The summed E-state index contributed by atoms with van der Waals surface area (Å²) in [4.78, 5) is 12.7. The highest BCUT2D eigenvalue weighted by molar-refractivity contribution is 7.89. The van der Waals surface area contributed by atoms with Crippen molar-refractivity contribution in [1.29, 1.82) is 0 Å². The Labute approximate surface area is 168 Å². The van der Waals surface area contributed by atoms with Gasteiger partial charge in [-0.05, 0) is 69.3 Å². The molecule has 1 aliphatic heterocycles. The van der Waals surface area contributed by atoms with E-state index in [1.54, 1.807) is 28.6 Å². The van der Waals surface area contributed by atoms with Gasteiger partial charge in [-0.15, -0.1) is 12.4 Å². The third-order valence-corrected chi connectivity index (χ3v) is 7.77. The van der Waals surface area contributed by atoms with E-state index in [1.807, 2.05) is 6.92 Å². The number of nitrogens with zero attached hydrogens (tertiary/aromatic N) is 1. The molecule has 8 heteroatoms. The molecule has 2 fully saturated rings. The van der Waals surface area contributed by atoms with Crippen molar-refractivity contribution in [3.8, 4) is 0 Å². The van der Waals surface area contributed by atoms with E-state index in [9.17, 15) is 13.2 Å². The summed E-state index contributed by atoms with van der Waals surface area (Å²) in [6.07, 6.45) is 5.94. The molecule has 1 amide bonds. The maximum absolute atomic E-state index is 12.9. The number of rotatable bonds is 5. The first-order valence-corrected chi connectivity index (χ1v) is 11.0. The van der Waals surface area contributed by atoms with Crippen LogP contribution in [-0.2, 0) is 10.0 Å². The SMILES string of the molecule is CC1CCCCN1S(=O)(=O)c1ccc(C(=O)NC2CCCC2CN)cc1.Cl. The lowest BCUT2D eigenvalue weighted by Crippen LogP contribution is -2.42. The summed E-state index contributed by atoms with van der Waals surface area (Å²) < 4.78 is 27.3. The number of sulfonamides is 1. The Hall–Kier alpha value is -1.15. The summed E-state index contributed by atoms with van der Waals surface area (Å²) >= 11 is 0. The number of halogens is 1. The van der Waals surface area contributed by atoms with Crippen LogP contribution in [0.4, 0.5) is 0 Å². The first-order chi connectivity index (χ1) is 12.4. The number of benzene rings is 1. The summed E-state index contributed by atoms with van der Waals surface area (Å²) in [7, 11) is -3.50. The van der Waals surface area contributed by atoms with Crippen molar-refractivity contribution < 1.29 is 13.2 Å². The van der Waals surface area contributed by atoms with Gasteiger partial charge in [-0.2, -0.15) is 4.31 Å². The van der Waals surface area contributed by atoms with Crippen LogP contribution >= 0.6 is 12.4 Å². The van der Waals surface area contributed by atoms with Crippen molar-refractivity contribution in [3.05, 3.63) is 29.8 Å². The number of piperidine rings is 1. The van der Waals surface area contributed by atoms with Crippen LogP contribution in [0, 0.1) is 5.92 Å². The van der Waals surface area contributed by atoms with Gasteiger partial charge in [-0.3, -0.25) is 4.79 Å². The van der Waals surface area contributed by atoms with Gasteiger partial charge in [0.1, 0.15) is 0 Å². The molecule has 1 aromatic carbocycles. The topological polar surface area (TPSA) is 92.5 Å². The van der Waals surface area contributed by atoms with Crippen molar-refractivity contribution in [2.75, 3.05) is 13.1 Å². The van der Waals surface area contributed by atoms with E-state index in [0.29, 0.717) is 24.6 Å². The van der Waals surface area contributed by atoms with E-state index in [0.717, 1.165) is 38.5 Å². The molecule has 3 unspecified atom stereocenters. The van der Waals surface area contributed by atoms with Gasteiger partial charge in [-0.25, -0.2) is 8.42 Å². The van der Waals surface area contributed by atoms with Gasteiger partial charge in [0.15, 0.2) is 0 Å². The third-order valence-electron chi connectivity index (χ3n) is 5.74. The standard InChI is InChI=1S/C19H29N3O3S.ClH/c1-14-5-2-3-12-22(14)26(24,25)17-10-8-15(9-11-17)19(23)21-18-7-4-6-16(18)13-20;/h8-11,14,16,18H,2-7,12-13,20H2,1H3,(H,21,23);1H. The molecule has 3 atom stereocenters. The Morgan fingerprint density at radius 3 is 2.48 bits per heavy atom. The van der Waals surface area contributed by atoms with E-state index in [-0.39, 0.29) is 35.3 Å². The Kier molecular flexibility index (Phi) is 7.68. The molecule has 2 aliphatic rings. The number of amides is 1. The predicted octanol–water partition coefficient (Wildman–Crippen LogP) is 2.53. The van der Waals surface area contributed by atoms with Gasteiger partial charge in [0.2, 0.25) is 10.0 Å². The second-order valence-corrected chi connectivity index (χ2v) is 9.38. The quantitative estimate of drug-likeness (QED) is 0.772. The van der Waals surface area contributed by atoms with Gasteiger partial charge < -0.3 is 11.1 Å². The second kappa shape index (κ2) is 9.37. The van der Waals surface area contributed by atoms with E-state index in [2.05, 4.69) is 5.32 Å². The highest BCUT2D eigenvalue weighted by atomic mass is 35.5. The van der Waals surface area contributed by atoms with Gasteiger partial charge in [0, 0.05) is 24.2 Å². The average Bonchev–Trinajstić information content (AvgIpc) is 3.09. The molecule has 152 valence electrons. The number of nitrogens with one attached hydrogen (secondary N) is 1. The van der Waals surface area contributed by atoms with Crippen LogP contribution < -0.4 is 11.1 Å². The molecule has 1 saturated carbocycles. The zero-order chi connectivity index (χ0) is 18.7. The van der Waals surface area contributed by atoms with Gasteiger partial charge in [0.25, 0.3) is 5.91 Å². The maximum atomic E-state index is 12.9. The summed E-state index contributed by atoms with van der Waals surface area (Å²) in [6.45, 7) is 3.10. The second-order valence-electron chi connectivity index (χ2n) is 7.49. The Bertz CT molecular complexity index is 739. The van der Waals surface area contributed by atoms with Gasteiger partial charge >= 0.3 is 0 Å². The lowest BCUT2D eigenvalue weighted by Gasteiger charge is -2.32. The fourth-order valence-corrected chi connectivity index (χ4v) is 5.80. The van der Waals surface area contributed by atoms with Crippen LogP contribution in [0.2, 0.25) is 0 Å². The molecule has 1 heterocycles. The maximum Gasteiger partial charge on any atom is 0.251 e. The van der Waals surface area contributed by atoms with Crippen LogP contribution in [0.1, 0.15) is 55.8 Å². The molecule has 0 radical (unpaired) electrons. The minimum Gasteiger partial charge on any atom is -0.349 e. The average molecular weight is 416 g/mol. The summed E-state index contributed by atoms with van der Waals surface area (Å²) in [5.41, 5.74) is 6.25. The molecule has 6 nitrogen and oxygen atoms in total. The number of nitrogens with two attached hydrogens (primary N) is 1. The lowest BCUT2D eigenvalue weighted by molar-refractivity contribution is 0.0928. The smallest absolute Gasteiger partial charge is 0.251 e. The molecule has 1 aromatic rings. The minimum absolute atomic E-state index is 0. The highest BCUT2D eigenvalue weighted by Gasteiger charge is 2.31. The van der Waals surface area contributed by atoms with Crippen molar-refractivity contribution >= 4 is 28.3 Å². The fraction of sp³-hybridized carbons (Fsp3) is 0.632. The Morgan fingerprint density at radius 2 is 1.85 bits per heavy atom. The molecule has 0 spiro atoms. The normalized spacial score (nSPS) is 26.4. The highest BCUT2D eigenvalue weighted by Crippen LogP contribution is 2.26. The molecule has 27 heavy (non-hydrogen) atoms. The van der Waals surface area contributed by atoms with Crippen LogP contribution in [0.15, 0.2) is 29.2 Å². The molecule has 1 aliphatic carbocycles. The fourth-order valence-electron chi connectivity index (χ4n) is 4.10. The van der Waals surface area contributed by atoms with E-state index >= 15 is 0 Å². The van der Waals surface area contributed by atoms with E-state index in [4.69, 9.17) is 5.73 Å². The molecule has 0 aromatic heterocycles. The van der Waals surface area contributed by atoms with Crippen molar-refractivity contribution in [3.63, 3.8) is 0 Å². The van der Waals surface area contributed by atoms with Crippen molar-refractivity contribution in [2.24, 2.45) is 11.7 Å². The van der Waals surface area contributed by atoms with Crippen LogP contribution in [0.25, 0.3) is 0 Å². The zero-order valence-electron chi connectivity index (χ0n) is 15.8. The number of carbonyl (C=O) groups excluding carboxylic acids is 1.